The fraction of sp³-hybridized carbons (Fsp3) is 0.208. The Morgan fingerprint density at radius 3 is 2.50 bits per heavy atom. The number of hydrogen-bond acceptors (Lipinski definition) is 5. The maximum absolute atomic E-state index is 13.8. The first-order chi connectivity index (χ1) is 15.4. The van der Waals surface area contributed by atoms with Crippen molar-refractivity contribution >= 4 is 59.2 Å². The first kappa shape index (κ1) is 21.6. The quantitative estimate of drug-likeness (QED) is 0.290. The Balaban J connectivity index is 1.76. The standard InChI is InChI=1S/C24H18Br2N2O3S/c1-31-16-9-7-15(8-10-16)21-27-22-18(17-11-12-24(25,26)20(29)19(17)32-22)23(30)28(21)13-14-5-3-2-4-6-14/h2-10H,11-13H2,1H3. The van der Waals surface area contributed by atoms with Crippen LogP contribution in [0.3, 0.4) is 0 Å². The molecule has 5 nitrogen and oxygen atoms in total. The monoisotopic (exact) mass is 572 g/mol. The van der Waals surface area contributed by atoms with Crippen LogP contribution < -0.4 is 10.3 Å². The summed E-state index contributed by atoms with van der Waals surface area (Å²) in [5.74, 6) is 1.25. The number of hydrogen-bond donors (Lipinski definition) is 0. The Labute approximate surface area is 205 Å². The molecule has 32 heavy (non-hydrogen) atoms. The molecule has 5 rings (SSSR count). The topological polar surface area (TPSA) is 61.2 Å². The molecule has 0 radical (unpaired) electrons. The highest BCUT2D eigenvalue weighted by molar-refractivity contribution is 9.26. The zero-order valence-corrected chi connectivity index (χ0v) is 21.1. The van der Waals surface area contributed by atoms with Gasteiger partial charge in [-0.3, -0.25) is 14.2 Å². The second kappa shape index (κ2) is 8.24. The number of carbonyl (C=O) groups excluding carboxylic acids is 1. The number of ether oxygens (including phenoxy) is 1. The van der Waals surface area contributed by atoms with Crippen molar-refractivity contribution in [3.8, 4) is 17.1 Å². The Bertz CT molecular complexity index is 1390. The molecule has 0 amide bonds. The molecule has 0 unspecified atom stereocenters. The summed E-state index contributed by atoms with van der Waals surface area (Å²) in [7, 11) is 1.62. The third-order valence-corrected chi connectivity index (χ3v) is 8.31. The fourth-order valence-electron chi connectivity index (χ4n) is 4.00. The van der Waals surface area contributed by atoms with Crippen molar-refractivity contribution < 1.29 is 9.53 Å². The Morgan fingerprint density at radius 1 is 1.09 bits per heavy atom. The Kier molecular flexibility index (Phi) is 5.55. The molecule has 2 heterocycles. The van der Waals surface area contributed by atoms with E-state index in [1.165, 1.54) is 11.3 Å². The number of aromatic nitrogens is 2. The number of benzene rings is 2. The summed E-state index contributed by atoms with van der Waals surface area (Å²) in [4.78, 5) is 32.9. The number of ketones is 1. The molecule has 0 aliphatic heterocycles. The summed E-state index contributed by atoms with van der Waals surface area (Å²) in [6.07, 6.45) is 1.20. The molecule has 2 aromatic carbocycles. The van der Waals surface area contributed by atoms with Crippen molar-refractivity contribution in [2.45, 2.75) is 22.6 Å². The molecular formula is C24H18Br2N2O3S. The van der Waals surface area contributed by atoms with E-state index in [-0.39, 0.29) is 11.3 Å². The minimum atomic E-state index is -0.782. The van der Waals surface area contributed by atoms with E-state index < -0.39 is 3.23 Å². The van der Waals surface area contributed by atoms with Gasteiger partial charge in [0, 0.05) is 5.56 Å². The number of rotatable bonds is 4. The van der Waals surface area contributed by atoms with Gasteiger partial charge in [-0.15, -0.1) is 11.3 Å². The van der Waals surface area contributed by atoms with Crippen LogP contribution in [-0.4, -0.2) is 25.7 Å². The molecule has 1 aliphatic rings. The zero-order valence-electron chi connectivity index (χ0n) is 17.1. The van der Waals surface area contributed by atoms with Gasteiger partial charge in [-0.1, -0.05) is 62.2 Å². The third kappa shape index (κ3) is 3.64. The molecule has 0 N–H and O–H groups in total. The molecule has 2 aromatic heterocycles. The van der Waals surface area contributed by atoms with Gasteiger partial charge in [0.2, 0.25) is 0 Å². The van der Waals surface area contributed by atoms with Crippen LogP contribution in [0.2, 0.25) is 0 Å². The smallest absolute Gasteiger partial charge is 0.263 e. The largest absolute Gasteiger partial charge is 0.497 e. The van der Waals surface area contributed by atoms with Gasteiger partial charge in [-0.2, -0.15) is 0 Å². The lowest BCUT2D eigenvalue weighted by Crippen LogP contribution is -2.30. The first-order valence-electron chi connectivity index (χ1n) is 10.1. The highest BCUT2D eigenvalue weighted by atomic mass is 79.9. The van der Waals surface area contributed by atoms with Crippen molar-refractivity contribution in [2.75, 3.05) is 7.11 Å². The van der Waals surface area contributed by atoms with Crippen molar-refractivity contribution in [1.29, 1.82) is 0 Å². The number of carbonyl (C=O) groups is 1. The van der Waals surface area contributed by atoms with E-state index in [9.17, 15) is 9.59 Å². The van der Waals surface area contributed by atoms with E-state index in [0.29, 0.717) is 40.3 Å². The van der Waals surface area contributed by atoms with E-state index in [1.54, 1.807) is 11.7 Å². The zero-order chi connectivity index (χ0) is 22.5. The minimum Gasteiger partial charge on any atom is -0.497 e. The molecule has 0 bridgehead atoms. The molecule has 0 saturated heterocycles. The van der Waals surface area contributed by atoms with Crippen LogP contribution in [0.5, 0.6) is 5.75 Å². The predicted octanol–water partition coefficient (Wildman–Crippen LogP) is 5.80. The second-order valence-corrected chi connectivity index (χ2v) is 12.4. The summed E-state index contributed by atoms with van der Waals surface area (Å²) in [6, 6.07) is 17.3. The van der Waals surface area contributed by atoms with Crippen LogP contribution in [0, 0.1) is 0 Å². The van der Waals surface area contributed by atoms with Crippen molar-refractivity contribution in [3.63, 3.8) is 0 Å². The number of halogens is 2. The molecule has 0 atom stereocenters. The average molecular weight is 574 g/mol. The van der Waals surface area contributed by atoms with Gasteiger partial charge in [0.05, 0.1) is 23.9 Å². The number of aryl methyl sites for hydroxylation is 1. The van der Waals surface area contributed by atoms with Crippen LogP contribution >= 0.6 is 43.2 Å². The van der Waals surface area contributed by atoms with Gasteiger partial charge < -0.3 is 4.74 Å². The Morgan fingerprint density at radius 2 is 1.81 bits per heavy atom. The summed E-state index contributed by atoms with van der Waals surface area (Å²) >= 11 is 8.27. The maximum atomic E-state index is 13.8. The van der Waals surface area contributed by atoms with Gasteiger partial charge in [0.15, 0.2) is 5.78 Å². The van der Waals surface area contributed by atoms with E-state index in [0.717, 1.165) is 22.4 Å². The number of fused-ring (bicyclic) bond motifs is 3. The van der Waals surface area contributed by atoms with Crippen LogP contribution in [0.25, 0.3) is 21.6 Å². The van der Waals surface area contributed by atoms with Crippen molar-refractivity contribution in [3.05, 3.63) is 81.0 Å². The molecule has 1 aliphatic carbocycles. The van der Waals surface area contributed by atoms with E-state index in [1.807, 2.05) is 54.6 Å². The van der Waals surface area contributed by atoms with Crippen LogP contribution in [0.4, 0.5) is 0 Å². The predicted molar refractivity (Wildman–Crippen MR) is 135 cm³/mol. The van der Waals surface area contributed by atoms with Gasteiger partial charge in [0.25, 0.3) is 5.56 Å². The minimum absolute atomic E-state index is 0.0539. The fourth-order valence-corrected chi connectivity index (χ4v) is 6.28. The van der Waals surface area contributed by atoms with Gasteiger partial charge in [-0.05, 0) is 48.2 Å². The summed E-state index contributed by atoms with van der Waals surface area (Å²) in [6.45, 7) is 0.392. The van der Waals surface area contributed by atoms with Crippen LogP contribution in [0.15, 0.2) is 59.4 Å². The van der Waals surface area contributed by atoms with Gasteiger partial charge in [0.1, 0.15) is 19.6 Å². The number of methoxy groups -OCH3 is 1. The summed E-state index contributed by atoms with van der Waals surface area (Å²) < 4.78 is 6.21. The second-order valence-electron chi connectivity index (χ2n) is 7.66. The third-order valence-electron chi connectivity index (χ3n) is 5.67. The number of nitrogens with zero attached hydrogens (tertiary/aromatic N) is 2. The van der Waals surface area contributed by atoms with Crippen molar-refractivity contribution in [1.82, 2.24) is 9.55 Å². The maximum Gasteiger partial charge on any atom is 0.263 e. The van der Waals surface area contributed by atoms with Crippen LogP contribution in [-0.2, 0) is 13.0 Å². The number of thiophene rings is 1. The average Bonchev–Trinajstić information content (AvgIpc) is 3.18. The van der Waals surface area contributed by atoms with Crippen molar-refractivity contribution in [2.24, 2.45) is 0 Å². The summed E-state index contributed by atoms with van der Waals surface area (Å²) in [5, 5.41) is 0.557. The highest BCUT2D eigenvalue weighted by Crippen LogP contribution is 2.44. The molecule has 0 saturated carbocycles. The SMILES string of the molecule is COc1ccc(-c2nc3sc4c(c3c(=O)n2Cc2ccccc2)CCC(Br)(Br)C4=O)cc1. The lowest BCUT2D eigenvalue weighted by Gasteiger charge is -2.23. The van der Waals surface area contributed by atoms with E-state index >= 15 is 0 Å². The Hall–Kier alpha value is -2.29. The molecule has 8 heteroatoms. The molecular weight excluding hydrogens is 556 g/mol. The lowest BCUT2D eigenvalue weighted by atomic mass is 9.96. The van der Waals surface area contributed by atoms with Crippen LogP contribution in [0.1, 0.15) is 27.2 Å². The summed E-state index contributed by atoms with van der Waals surface area (Å²) in [5.41, 5.74) is 2.51. The van der Waals surface area contributed by atoms with Gasteiger partial charge >= 0.3 is 0 Å². The number of alkyl halides is 2. The normalized spacial score (nSPS) is 15.0. The first-order valence-corrected chi connectivity index (χ1v) is 12.5. The van der Waals surface area contributed by atoms with E-state index in [2.05, 4.69) is 31.9 Å². The molecule has 4 aromatic rings. The molecule has 162 valence electrons. The lowest BCUT2D eigenvalue weighted by molar-refractivity contribution is 0.0977. The van der Waals surface area contributed by atoms with E-state index in [4.69, 9.17) is 9.72 Å². The molecule has 0 spiro atoms. The molecule has 0 fully saturated rings. The van der Waals surface area contributed by atoms with Gasteiger partial charge in [-0.25, -0.2) is 4.98 Å². The highest BCUT2D eigenvalue weighted by Gasteiger charge is 2.41. The number of Topliss-reactive ketones (excluding diaryl/α,β-unsaturated/α-hetero) is 1.